The first-order chi connectivity index (χ1) is 11.0. The molecule has 23 heavy (non-hydrogen) atoms. The van der Waals surface area contributed by atoms with Crippen molar-refractivity contribution in [1.82, 2.24) is 4.98 Å². The Morgan fingerprint density at radius 1 is 1.30 bits per heavy atom. The van der Waals surface area contributed by atoms with Gasteiger partial charge in [0.15, 0.2) is 0 Å². The molecule has 0 saturated heterocycles. The second-order valence-electron chi connectivity index (χ2n) is 5.62. The number of nitrogens with zero attached hydrogens (tertiary/aromatic N) is 1. The number of anilines is 1. The van der Waals surface area contributed by atoms with Gasteiger partial charge in [-0.3, -0.25) is 4.79 Å². The van der Waals surface area contributed by atoms with Gasteiger partial charge < -0.3 is 19.5 Å². The first kappa shape index (κ1) is 19.4. The van der Waals surface area contributed by atoms with E-state index in [0.717, 1.165) is 12.8 Å². The van der Waals surface area contributed by atoms with Crippen molar-refractivity contribution in [2.75, 3.05) is 32.8 Å². The number of hydrogen-bond donors (Lipinski definition) is 1. The second kappa shape index (κ2) is 9.47. The van der Waals surface area contributed by atoms with Crippen LogP contribution in [0.3, 0.4) is 0 Å². The first-order valence-corrected chi connectivity index (χ1v) is 7.92. The van der Waals surface area contributed by atoms with Crippen molar-refractivity contribution in [2.24, 2.45) is 0 Å². The van der Waals surface area contributed by atoms with E-state index in [-0.39, 0.29) is 5.91 Å². The number of hydrogen-bond acceptors (Lipinski definition) is 5. The standard InChI is InChI=1S/C17H28N2O4/c1-6-7-10-17(3,22-5)16(20)19-14-8-9-15(18-13(14)2)23-12-11-21-4/h8-9H,6-7,10-12H2,1-5H3,(H,19,20). The average Bonchev–Trinajstić information content (AvgIpc) is 2.55. The molecule has 0 spiro atoms. The molecule has 1 aromatic heterocycles. The molecule has 1 unspecified atom stereocenters. The predicted octanol–water partition coefficient (Wildman–Crippen LogP) is 2.95. The zero-order valence-electron chi connectivity index (χ0n) is 14.8. The van der Waals surface area contributed by atoms with Gasteiger partial charge in [-0.15, -0.1) is 0 Å². The van der Waals surface area contributed by atoms with Gasteiger partial charge in [0.05, 0.1) is 18.0 Å². The number of methoxy groups -OCH3 is 2. The maximum absolute atomic E-state index is 12.5. The molecule has 0 aliphatic heterocycles. The number of amides is 1. The molecule has 1 atom stereocenters. The number of aromatic nitrogens is 1. The molecule has 130 valence electrons. The molecule has 0 fully saturated rings. The summed E-state index contributed by atoms with van der Waals surface area (Å²) < 4.78 is 15.8. The van der Waals surface area contributed by atoms with Gasteiger partial charge in [-0.25, -0.2) is 4.98 Å². The first-order valence-electron chi connectivity index (χ1n) is 7.92. The van der Waals surface area contributed by atoms with Gasteiger partial charge in [0, 0.05) is 20.3 Å². The minimum atomic E-state index is -0.837. The van der Waals surface area contributed by atoms with Crippen LogP contribution >= 0.6 is 0 Å². The average molecular weight is 324 g/mol. The van der Waals surface area contributed by atoms with Crippen molar-refractivity contribution in [3.05, 3.63) is 17.8 Å². The van der Waals surface area contributed by atoms with Crippen molar-refractivity contribution < 1.29 is 19.0 Å². The molecular weight excluding hydrogens is 296 g/mol. The maximum atomic E-state index is 12.5. The summed E-state index contributed by atoms with van der Waals surface area (Å²) in [7, 11) is 3.18. The van der Waals surface area contributed by atoms with Crippen LogP contribution in [0.15, 0.2) is 12.1 Å². The van der Waals surface area contributed by atoms with Gasteiger partial charge >= 0.3 is 0 Å². The molecule has 1 rings (SSSR count). The Hall–Kier alpha value is -1.66. The van der Waals surface area contributed by atoms with Crippen molar-refractivity contribution in [1.29, 1.82) is 0 Å². The molecule has 0 aliphatic rings. The van der Waals surface area contributed by atoms with E-state index in [9.17, 15) is 4.79 Å². The number of rotatable bonds is 10. The van der Waals surface area contributed by atoms with Crippen molar-refractivity contribution in [3.8, 4) is 5.88 Å². The van der Waals surface area contributed by atoms with Crippen LogP contribution in [0, 0.1) is 6.92 Å². The van der Waals surface area contributed by atoms with Gasteiger partial charge in [0.2, 0.25) is 5.88 Å². The van der Waals surface area contributed by atoms with E-state index in [2.05, 4.69) is 17.2 Å². The molecule has 0 aliphatic carbocycles. The molecular formula is C17H28N2O4. The summed E-state index contributed by atoms with van der Waals surface area (Å²) in [6, 6.07) is 3.52. The summed E-state index contributed by atoms with van der Waals surface area (Å²) >= 11 is 0. The summed E-state index contributed by atoms with van der Waals surface area (Å²) in [4.78, 5) is 16.8. The SMILES string of the molecule is CCCCC(C)(OC)C(=O)Nc1ccc(OCCOC)nc1C. The zero-order chi connectivity index (χ0) is 17.3. The third kappa shape index (κ3) is 5.80. The quantitative estimate of drug-likeness (QED) is 0.670. The van der Waals surface area contributed by atoms with Gasteiger partial charge in [-0.2, -0.15) is 0 Å². The molecule has 0 radical (unpaired) electrons. The van der Waals surface area contributed by atoms with E-state index < -0.39 is 5.60 Å². The Labute approximate surface area is 138 Å². The highest BCUT2D eigenvalue weighted by atomic mass is 16.5. The van der Waals surface area contributed by atoms with Crippen LogP contribution in [0.2, 0.25) is 0 Å². The lowest BCUT2D eigenvalue weighted by molar-refractivity contribution is -0.136. The van der Waals surface area contributed by atoms with Gasteiger partial charge in [0.1, 0.15) is 12.2 Å². The fourth-order valence-corrected chi connectivity index (χ4v) is 2.06. The van der Waals surface area contributed by atoms with Crippen LogP contribution in [0.4, 0.5) is 5.69 Å². The lowest BCUT2D eigenvalue weighted by Gasteiger charge is -2.27. The number of aryl methyl sites for hydroxylation is 1. The summed E-state index contributed by atoms with van der Waals surface area (Å²) in [5.41, 5.74) is 0.520. The molecule has 1 aromatic rings. The monoisotopic (exact) mass is 324 g/mol. The van der Waals surface area contributed by atoms with E-state index in [1.54, 1.807) is 26.4 Å². The fourth-order valence-electron chi connectivity index (χ4n) is 2.06. The van der Waals surface area contributed by atoms with E-state index in [0.29, 0.717) is 36.9 Å². The van der Waals surface area contributed by atoms with Gasteiger partial charge in [0.25, 0.3) is 5.91 Å². The predicted molar refractivity (Wildman–Crippen MR) is 89.9 cm³/mol. The minimum Gasteiger partial charge on any atom is -0.475 e. The van der Waals surface area contributed by atoms with Gasteiger partial charge in [-0.05, 0) is 26.3 Å². The Morgan fingerprint density at radius 3 is 2.61 bits per heavy atom. The number of pyridine rings is 1. The van der Waals surface area contributed by atoms with Crippen LogP contribution in [-0.2, 0) is 14.3 Å². The smallest absolute Gasteiger partial charge is 0.256 e. The van der Waals surface area contributed by atoms with Crippen LogP contribution in [0.25, 0.3) is 0 Å². The number of nitrogens with one attached hydrogen (secondary N) is 1. The molecule has 1 amide bonds. The van der Waals surface area contributed by atoms with Gasteiger partial charge in [-0.1, -0.05) is 19.8 Å². The van der Waals surface area contributed by atoms with Crippen LogP contribution in [0.5, 0.6) is 5.88 Å². The molecule has 0 bridgehead atoms. The third-order valence-electron chi connectivity index (χ3n) is 3.78. The number of carbonyl (C=O) groups excluding carboxylic acids is 1. The molecule has 6 nitrogen and oxygen atoms in total. The lowest BCUT2D eigenvalue weighted by atomic mass is 9.97. The maximum Gasteiger partial charge on any atom is 0.256 e. The van der Waals surface area contributed by atoms with Crippen LogP contribution in [0.1, 0.15) is 38.8 Å². The summed E-state index contributed by atoms with van der Waals surface area (Å²) in [5, 5.41) is 2.90. The zero-order valence-corrected chi connectivity index (χ0v) is 14.8. The minimum absolute atomic E-state index is 0.161. The molecule has 0 saturated carbocycles. The summed E-state index contributed by atoms with van der Waals surface area (Å²) in [6.45, 7) is 6.67. The Bertz CT molecular complexity index is 507. The summed E-state index contributed by atoms with van der Waals surface area (Å²) in [5.74, 6) is 0.351. The third-order valence-corrected chi connectivity index (χ3v) is 3.78. The Kier molecular flexibility index (Phi) is 7.98. The topological polar surface area (TPSA) is 69.7 Å². The normalized spacial score (nSPS) is 13.4. The molecule has 0 aromatic carbocycles. The van der Waals surface area contributed by atoms with E-state index in [1.165, 1.54) is 0 Å². The number of unbranched alkanes of at least 4 members (excludes halogenated alkanes) is 1. The Balaban J connectivity index is 2.74. The van der Waals surface area contributed by atoms with E-state index in [4.69, 9.17) is 14.2 Å². The highest BCUT2D eigenvalue weighted by Gasteiger charge is 2.32. The fraction of sp³-hybridized carbons (Fsp3) is 0.647. The summed E-state index contributed by atoms with van der Waals surface area (Å²) in [6.07, 6.45) is 2.62. The van der Waals surface area contributed by atoms with Crippen LogP contribution in [-0.4, -0.2) is 43.9 Å². The van der Waals surface area contributed by atoms with Crippen molar-refractivity contribution in [3.63, 3.8) is 0 Å². The molecule has 1 heterocycles. The number of ether oxygens (including phenoxy) is 3. The highest BCUT2D eigenvalue weighted by Crippen LogP contribution is 2.23. The Morgan fingerprint density at radius 2 is 2.04 bits per heavy atom. The van der Waals surface area contributed by atoms with Crippen LogP contribution < -0.4 is 10.1 Å². The largest absolute Gasteiger partial charge is 0.475 e. The highest BCUT2D eigenvalue weighted by molar-refractivity contribution is 5.97. The molecule has 6 heteroatoms. The molecule has 1 N–H and O–H groups in total. The van der Waals surface area contributed by atoms with Crippen molar-refractivity contribution in [2.45, 2.75) is 45.6 Å². The van der Waals surface area contributed by atoms with E-state index >= 15 is 0 Å². The van der Waals surface area contributed by atoms with E-state index in [1.807, 2.05) is 13.8 Å². The lowest BCUT2D eigenvalue weighted by Crippen LogP contribution is -2.42. The number of carbonyl (C=O) groups is 1. The second-order valence-corrected chi connectivity index (χ2v) is 5.62. The van der Waals surface area contributed by atoms with Crippen molar-refractivity contribution >= 4 is 11.6 Å².